The van der Waals surface area contributed by atoms with Gasteiger partial charge in [0, 0.05) is 24.0 Å². The van der Waals surface area contributed by atoms with Gasteiger partial charge in [0.25, 0.3) is 0 Å². The van der Waals surface area contributed by atoms with Crippen molar-refractivity contribution in [2.45, 2.75) is 81.3 Å². The van der Waals surface area contributed by atoms with Crippen LogP contribution in [0.4, 0.5) is 24.5 Å². The van der Waals surface area contributed by atoms with E-state index in [0.717, 1.165) is 55.6 Å². The van der Waals surface area contributed by atoms with Gasteiger partial charge in [0.05, 0.1) is 17.0 Å². The number of hydrogen-bond acceptors (Lipinski definition) is 5. The summed E-state index contributed by atoms with van der Waals surface area (Å²) in [5.74, 6) is -0.396. The highest BCUT2D eigenvalue weighted by molar-refractivity contribution is 7.91. The summed E-state index contributed by atoms with van der Waals surface area (Å²) < 4.78 is 64.1. The Morgan fingerprint density at radius 3 is 2.17 bits per heavy atom. The zero-order valence-corrected chi connectivity index (χ0v) is 23.8. The first-order chi connectivity index (χ1) is 19.7. The number of nitrogens with zero attached hydrogens (tertiary/aromatic N) is 2. The van der Waals surface area contributed by atoms with Gasteiger partial charge in [-0.25, -0.2) is 13.3 Å². The summed E-state index contributed by atoms with van der Waals surface area (Å²) >= 11 is 0. The van der Waals surface area contributed by atoms with Gasteiger partial charge in [0.15, 0.2) is 0 Å². The Bertz CT molecular complexity index is 1410. The molecule has 3 aromatic rings. The Kier molecular flexibility index (Phi) is 8.91. The Labute approximate surface area is 239 Å². The van der Waals surface area contributed by atoms with Crippen molar-refractivity contribution in [3.63, 3.8) is 0 Å². The predicted molar refractivity (Wildman–Crippen MR) is 155 cm³/mol. The second kappa shape index (κ2) is 12.4. The van der Waals surface area contributed by atoms with E-state index in [1.807, 2.05) is 31.2 Å². The monoisotopic (exact) mass is 587 g/mol. The standard InChI is InChI=1S/C31H36F3N3O3S/c1-2-3-21-35-41(39,25-19-17-24(18-20-25)40-31(32,33)34)36-26-11-8-14-29(30(26)38)37-27-12-6-4-9-22(27)15-16-23-10-5-7-13-28(23)37/h4-7,9-10,12-13,17-20,26,29-30,38H,2-3,8,11,14-16,21H2,1H3,(H,35,36,39)/t26-,29-,30+,41?/m0/s1. The quantitative estimate of drug-likeness (QED) is 0.280. The lowest BCUT2D eigenvalue weighted by Gasteiger charge is -2.43. The number of halogens is 3. The fourth-order valence-electron chi connectivity index (χ4n) is 5.80. The van der Waals surface area contributed by atoms with Crippen LogP contribution in [0.5, 0.6) is 5.75 Å². The molecule has 2 N–H and O–H groups in total. The molecule has 2 aliphatic rings. The summed E-state index contributed by atoms with van der Waals surface area (Å²) in [6, 6.07) is 20.7. The van der Waals surface area contributed by atoms with Crippen molar-refractivity contribution >= 4 is 21.3 Å². The summed E-state index contributed by atoms with van der Waals surface area (Å²) in [6.07, 6.45) is -0.215. The van der Waals surface area contributed by atoms with Crippen LogP contribution in [0.2, 0.25) is 0 Å². The molecule has 220 valence electrons. The van der Waals surface area contributed by atoms with Crippen LogP contribution < -0.4 is 14.4 Å². The van der Waals surface area contributed by atoms with Gasteiger partial charge in [-0.05, 0) is 86.1 Å². The summed E-state index contributed by atoms with van der Waals surface area (Å²) in [7, 11) is -3.26. The maximum Gasteiger partial charge on any atom is 0.573 e. The summed E-state index contributed by atoms with van der Waals surface area (Å²) in [4.78, 5) is 2.50. The number of aliphatic hydroxyl groups is 1. The number of fused-ring (bicyclic) bond motifs is 2. The number of alkyl halides is 3. The van der Waals surface area contributed by atoms with Gasteiger partial charge in [0.1, 0.15) is 15.7 Å². The minimum atomic E-state index is -4.82. The van der Waals surface area contributed by atoms with Gasteiger partial charge in [0.2, 0.25) is 0 Å². The molecule has 41 heavy (non-hydrogen) atoms. The summed E-state index contributed by atoms with van der Waals surface area (Å²) in [6.45, 7) is 2.32. The maximum absolute atomic E-state index is 14.3. The summed E-state index contributed by atoms with van der Waals surface area (Å²) in [5, 5.41) is 11.9. The first-order valence-electron chi connectivity index (χ1n) is 14.2. The van der Waals surface area contributed by atoms with E-state index in [2.05, 4.69) is 43.0 Å². The molecule has 10 heteroatoms. The van der Waals surface area contributed by atoms with Gasteiger partial charge < -0.3 is 14.7 Å². The number of aryl methyl sites for hydroxylation is 2. The number of rotatable bonds is 8. The number of nitrogens with one attached hydrogen (secondary N) is 1. The zero-order valence-electron chi connectivity index (χ0n) is 23.0. The molecule has 1 fully saturated rings. The van der Waals surface area contributed by atoms with E-state index in [-0.39, 0.29) is 10.9 Å². The van der Waals surface area contributed by atoms with Crippen molar-refractivity contribution in [3.8, 4) is 5.75 Å². The second-order valence-electron chi connectivity index (χ2n) is 10.6. The van der Waals surface area contributed by atoms with Crippen molar-refractivity contribution in [3.05, 3.63) is 83.9 Å². The zero-order chi connectivity index (χ0) is 29.0. The van der Waals surface area contributed by atoms with E-state index in [1.54, 1.807) is 0 Å². The predicted octanol–water partition coefficient (Wildman–Crippen LogP) is 6.94. The van der Waals surface area contributed by atoms with Crippen LogP contribution in [0.1, 0.15) is 50.2 Å². The van der Waals surface area contributed by atoms with Gasteiger partial charge in [-0.3, -0.25) is 0 Å². The van der Waals surface area contributed by atoms with E-state index in [1.165, 1.54) is 23.3 Å². The molecule has 1 aliphatic carbocycles. The third-order valence-electron chi connectivity index (χ3n) is 7.79. The average molecular weight is 588 g/mol. The van der Waals surface area contributed by atoms with Crippen molar-refractivity contribution in [1.29, 1.82) is 0 Å². The highest BCUT2D eigenvalue weighted by Gasteiger charge is 2.40. The van der Waals surface area contributed by atoms with Crippen molar-refractivity contribution in [1.82, 2.24) is 4.72 Å². The van der Waals surface area contributed by atoms with Crippen LogP contribution in [0.15, 0.2) is 82.1 Å². The minimum Gasteiger partial charge on any atom is -0.406 e. The van der Waals surface area contributed by atoms with Crippen LogP contribution in [0, 0.1) is 0 Å². The number of hydrogen-bond donors (Lipinski definition) is 2. The number of unbranched alkanes of at least 4 members (excludes halogenated alkanes) is 1. The topological polar surface area (TPSA) is 74.2 Å². The van der Waals surface area contributed by atoms with Crippen molar-refractivity contribution in [2.75, 3.05) is 11.4 Å². The van der Waals surface area contributed by atoms with Crippen LogP contribution in [-0.2, 0) is 22.8 Å². The number of para-hydroxylation sites is 2. The SMILES string of the molecule is CCCCN=S(=O)(N[C@H]1CCC[C@H](N2c3ccccc3CCc3ccccc32)[C@@H]1O)c1ccc(OC(F)(F)F)cc1. The van der Waals surface area contributed by atoms with Crippen LogP contribution in [-0.4, -0.2) is 40.4 Å². The number of anilines is 2. The largest absolute Gasteiger partial charge is 0.573 e. The van der Waals surface area contributed by atoms with E-state index in [9.17, 15) is 22.5 Å². The first kappa shape index (κ1) is 29.4. The normalized spacial score (nSPS) is 22.2. The van der Waals surface area contributed by atoms with E-state index in [4.69, 9.17) is 0 Å². The smallest absolute Gasteiger partial charge is 0.406 e. The van der Waals surface area contributed by atoms with E-state index in [0.29, 0.717) is 19.4 Å². The van der Waals surface area contributed by atoms with Crippen LogP contribution >= 0.6 is 0 Å². The molecule has 4 atom stereocenters. The molecule has 5 rings (SSSR count). The Morgan fingerprint density at radius 2 is 1.59 bits per heavy atom. The molecule has 1 heterocycles. The van der Waals surface area contributed by atoms with Crippen LogP contribution in [0.25, 0.3) is 0 Å². The molecule has 0 aromatic heterocycles. The minimum absolute atomic E-state index is 0.253. The fraction of sp³-hybridized carbons (Fsp3) is 0.419. The molecule has 0 radical (unpaired) electrons. The van der Waals surface area contributed by atoms with E-state index < -0.39 is 34.2 Å². The summed E-state index contributed by atoms with van der Waals surface area (Å²) in [5.41, 5.74) is 4.56. The third kappa shape index (κ3) is 6.71. The molecular weight excluding hydrogens is 551 g/mol. The highest BCUT2D eigenvalue weighted by atomic mass is 32.2. The molecule has 0 amide bonds. The lowest BCUT2D eigenvalue weighted by Crippen LogP contribution is -2.55. The Balaban J connectivity index is 1.47. The lowest BCUT2D eigenvalue weighted by atomic mass is 9.86. The molecule has 0 saturated heterocycles. The lowest BCUT2D eigenvalue weighted by molar-refractivity contribution is -0.274. The number of ether oxygens (including phenoxy) is 1. The van der Waals surface area contributed by atoms with Crippen LogP contribution in [0.3, 0.4) is 0 Å². The maximum atomic E-state index is 14.3. The Hall–Kier alpha value is -3.08. The molecule has 1 aliphatic heterocycles. The van der Waals surface area contributed by atoms with Crippen molar-refractivity contribution in [2.24, 2.45) is 4.36 Å². The number of benzene rings is 3. The molecule has 1 unspecified atom stereocenters. The first-order valence-corrected chi connectivity index (χ1v) is 15.7. The molecule has 6 nitrogen and oxygen atoms in total. The van der Waals surface area contributed by atoms with E-state index >= 15 is 0 Å². The van der Waals surface area contributed by atoms with Gasteiger partial charge in [-0.1, -0.05) is 49.7 Å². The van der Waals surface area contributed by atoms with Gasteiger partial charge in [-0.2, -0.15) is 0 Å². The molecular formula is C31H36F3N3O3S. The van der Waals surface area contributed by atoms with Gasteiger partial charge in [-0.15, -0.1) is 13.2 Å². The highest BCUT2D eigenvalue weighted by Crippen LogP contribution is 2.41. The second-order valence-corrected chi connectivity index (χ2v) is 12.6. The molecule has 0 spiro atoms. The van der Waals surface area contributed by atoms with Gasteiger partial charge >= 0.3 is 6.36 Å². The Morgan fingerprint density at radius 1 is 0.976 bits per heavy atom. The number of aliphatic hydroxyl groups excluding tert-OH is 1. The van der Waals surface area contributed by atoms with Crippen molar-refractivity contribution < 1.29 is 27.2 Å². The fourth-order valence-corrected chi connectivity index (χ4v) is 7.72. The average Bonchev–Trinajstić information content (AvgIpc) is 3.11. The molecule has 0 bridgehead atoms. The molecule has 1 saturated carbocycles. The third-order valence-corrected chi connectivity index (χ3v) is 9.87. The molecule has 3 aromatic carbocycles.